The first-order chi connectivity index (χ1) is 24.4. The summed E-state index contributed by atoms with van der Waals surface area (Å²) >= 11 is 0. The van der Waals surface area contributed by atoms with E-state index in [1.54, 1.807) is 48.5 Å². The molecule has 0 spiro atoms. The molecule has 51 heavy (non-hydrogen) atoms. The molecule has 7 unspecified atom stereocenters. The molecule has 5 aliphatic rings. The molecule has 4 saturated heterocycles. The summed E-state index contributed by atoms with van der Waals surface area (Å²) in [6.07, 6.45) is 2.17. The van der Waals surface area contributed by atoms with Gasteiger partial charge in [-0.25, -0.2) is 0 Å². The summed E-state index contributed by atoms with van der Waals surface area (Å²) in [4.78, 5) is 110. The highest BCUT2D eigenvalue weighted by molar-refractivity contribution is 6.25. The molecular formula is C38H41BN4O8. The number of carbonyl (C=O) groups excluding carboxylic acids is 8. The number of amides is 8. The van der Waals surface area contributed by atoms with Crippen LogP contribution in [-0.4, -0.2) is 77.0 Å². The molecule has 0 N–H and O–H groups in total. The molecule has 0 radical (unpaired) electrons. The van der Waals surface area contributed by atoms with Crippen LogP contribution in [0.3, 0.4) is 0 Å². The lowest BCUT2D eigenvalue weighted by molar-refractivity contribution is -0.175. The van der Waals surface area contributed by atoms with E-state index < -0.39 is 41.4 Å². The van der Waals surface area contributed by atoms with E-state index in [4.69, 9.17) is 0 Å². The zero-order valence-electron chi connectivity index (χ0n) is 29.2. The second kappa shape index (κ2) is 13.0. The molecule has 264 valence electrons. The Kier molecular flexibility index (Phi) is 8.79. The molecule has 2 aromatic rings. The average Bonchev–Trinajstić information content (AvgIpc) is 3.64. The molecule has 5 fully saturated rings. The summed E-state index contributed by atoms with van der Waals surface area (Å²) < 4.78 is 0. The largest absolute Gasteiger partial charge is 0.280 e. The molecule has 1 aliphatic carbocycles. The van der Waals surface area contributed by atoms with Crippen LogP contribution in [-0.2, 0) is 38.4 Å². The van der Waals surface area contributed by atoms with Crippen molar-refractivity contribution in [2.45, 2.75) is 77.7 Å². The Morgan fingerprint density at radius 2 is 1.08 bits per heavy atom. The Labute approximate surface area is 296 Å². The highest BCUT2D eigenvalue weighted by Crippen LogP contribution is 2.57. The van der Waals surface area contributed by atoms with E-state index in [0.717, 1.165) is 20.9 Å². The van der Waals surface area contributed by atoms with Crippen molar-refractivity contribution >= 4 is 66.5 Å². The summed E-state index contributed by atoms with van der Waals surface area (Å²) in [6, 6.07) is 13.3. The van der Waals surface area contributed by atoms with Crippen LogP contribution in [0.5, 0.6) is 0 Å². The quantitative estimate of drug-likeness (QED) is 0.273. The minimum absolute atomic E-state index is 0.0266. The van der Waals surface area contributed by atoms with Gasteiger partial charge in [-0.1, -0.05) is 44.4 Å². The zero-order chi connectivity index (χ0) is 36.5. The van der Waals surface area contributed by atoms with Crippen LogP contribution < -0.4 is 9.80 Å². The van der Waals surface area contributed by atoms with Crippen LogP contribution in [0.4, 0.5) is 11.4 Å². The van der Waals surface area contributed by atoms with Crippen molar-refractivity contribution in [3.8, 4) is 11.1 Å². The Bertz CT molecular complexity index is 1860. The van der Waals surface area contributed by atoms with E-state index in [0.29, 0.717) is 30.5 Å². The van der Waals surface area contributed by atoms with Gasteiger partial charge in [0.1, 0.15) is 7.85 Å². The van der Waals surface area contributed by atoms with Gasteiger partial charge >= 0.3 is 0 Å². The number of nitrogens with zero attached hydrogens (tertiary/aromatic N) is 4. The van der Waals surface area contributed by atoms with E-state index in [1.807, 2.05) is 28.6 Å². The van der Waals surface area contributed by atoms with Crippen molar-refractivity contribution in [1.29, 1.82) is 0 Å². The Balaban J connectivity index is 1.02. The third-order valence-corrected chi connectivity index (χ3v) is 11.9. The summed E-state index contributed by atoms with van der Waals surface area (Å²) in [5.74, 6) is -6.51. The summed E-state index contributed by atoms with van der Waals surface area (Å²) in [5.41, 5.74) is 2.34. The number of anilines is 2. The smallest absolute Gasteiger partial charge is 0.238 e. The summed E-state index contributed by atoms with van der Waals surface area (Å²) in [7, 11) is 1.90. The highest BCUT2D eigenvalue weighted by Gasteiger charge is 2.69. The predicted molar refractivity (Wildman–Crippen MR) is 187 cm³/mol. The third-order valence-electron chi connectivity index (χ3n) is 11.9. The number of piperidine rings is 1. The third kappa shape index (κ3) is 5.34. The second-order valence-corrected chi connectivity index (χ2v) is 14.6. The molecule has 2 aromatic carbocycles. The van der Waals surface area contributed by atoms with Gasteiger partial charge in [-0.05, 0) is 67.5 Å². The second-order valence-electron chi connectivity index (χ2n) is 14.6. The first kappa shape index (κ1) is 34.5. The number of benzene rings is 2. The number of likely N-dealkylation sites (tertiary alicyclic amines) is 2. The van der Waals surface area contributed by atoms with Crippen LogP contribution in [0.1, 0.15) is 59.3 Å². The molecule has 8 amide bonds. The summed E-state index contributed by atoms with van der Waals surface area (Å²) in [6.45, 7) is 5.67. The maximum Gasteiger partial charge on any atom is 0.238 e. The number of fused-ring (bicyclic) bond motifs is 4. The number of carbonyl (C=O) groups is 8. The number of hydrogen-bond acceptors (Lipinski definition) is 8. The normalized spacial score (nSPS) is 28.3. The lowest BCUT2D eigenvalue weighted by Gasteiger charge is -2.50. The fourth-order valence-corrected chi connectivity index (χ4v) is 9.00. The van der Waals surface area contributed by atoms with Gasteiger partial charge < -0.3 is 0 Å². The number of imide groups is 4. The predicted octanol–water partition coefficient (Wildman–Crippen LogP) is 2.74. The number of rotatable bonds is 10. The van der Waals surface area contributed by atoms with E-state index >= 15 is 0 Å². The Morgan fingerprint density at radius 1 is 0.588 bits per heavy atom. The van der Waals surface area contributed by atoms with Gasteiger partial charge in [0.05, 0.1) is 29.1 Å². The van der Waals surface area contributed by atoms with Crippen LogP contribution in [0, 0.1) is 35.5 Å². The number of hydrogen-bond donors (Lipinski definition) is 0. The maximum atomic E-state index is 13.6. The maximum absolute atomic E-state index is 13.6. The first-order valence-electron chi connectivity index (χ1n) is 18.1. The molecule has 0 bridgehead atoms. The molecule has 1 saturated carbocycles. The SMILES string of the molecule is BCC(C)N1C(=O)CC(CC2CC(=O)N(c3ccc(-c4ccc(N5C(=O)C6C7CC(=O)N(C(CC)CC)C(=O)C7C6C5=O)cc4)cc3)C2=O)C1=O. The molecule has 7 atom stereocenters. The fraction of sp³-hybridized carbons (Fsp3) is 0.474. The van der Waals surface area contributed by atoms with Crippen LogP contribution >= 0.6 is 0 Å². The van der Waals surface area contributed by atoms with Gasteiger partial charge in [0.15, 0.2) is 0 Å². The van der Waals surface area contributed by atoms with Crippen molar-refractivity contribution in [2.24, 2.45) is 35.5 Å². The van der Waals surface area contributed by atoms with Gasteiger partial charge in [-0.15, -0.1) is 0 Å². The molecule has 0 aromatic heterocycles. The fourth-order valence-electron chi connectivity index (χ4n) is 9.00. The monoisotopic (exact) mass is 692 g/mol. The van der Waals surface area contributed by atoms with Crippen LogP contribution in [0.25, 0.3) is 11.1 Å². The van der Waals surface area contributed by atoms with Gasteiger partial charge in [0, 0.05) is 43.2 Å². The minimum Gasteiger partial charge on any atom is -0.280 e. The lowest BCUT2D eigenvalue weighted by Crippen LogP contribution is -2.63. The van der Waals surface area contributed by atoms with Crippen molar-refractivity contribution < 1.29 is 38.4 Å². The first-order valence-corrected chi connectivity index (χ1v) is 18.1. The molecule has 12 nitrogen and oxygen atoms in total. The zero-order valence-corrected chi connectivity index (χ0v) is 29.2. The van der Waals surface area contributed by atoms with Crippen molar-refractivity contribution in [2.75, 3.05) is 9.80 Å². The van der Waals surface area contributed by atoms with Gasteiger partial charge in [0.25, 0.3) is 0 Å². The Hall–Kier alpha value is -4.94. The standard InChI is InChI=1S/C38H41BN4O8/c1-4-24(5-2)41-30(46)17-27-31(36(41)49)33-32(27)37(50)43(38(33)51)26-12-8-21(9-13-26)20-6-10-25(11-7-20)42-29(45)16-23(35(42)48)14-22-15-28(44)40(34(22)47)19(3)18-39/h6-13,19,22-24,27,31-33H,4-5,14-18,39H2,1-3H3. The van der Waals surface area contributed by atoms with E-state index in [1.165, 1.54) is 9.80 Å². The molecule has 4 aliphatic heterocycles. The molecule has 7 rings (SSSR count). The highest BCUT2D eigenvalue weighted by atomic mass is 16.2. The van der Waals surface area contributed by atoms with Gasteiger partial charge in [-0.3, -0.25) is 58.0 Å². The lowest BCUT2D eigenvalue weighted by atomic mass is 9.54. The van der Waals surface area contributed by atoms with E-state index in [9.17, 15) is 38.4 Å². The van der Waals surface area contributed by atoms with E-state index in [2.05, 4.69) is 0 Å². The molecular weight excluding hydrogens is 651 g/mol. The van der Waals surface area contributed by atoms with Crippen molar-refractivity contribution in [3.63, 3.8) is 0 Å². The van der Waals surface area contributed by atoms with Gasteiger partial charge in [-0.2, -0.15) is 0 Å². The van der Waals surface area contributed by atoms with Crippen LogP contribution in [0.15, 0.2) is 48.5 Å². The van der Waals surface area contributed by atoms with Crippen molar-refractivity contribution in [3.05, 3.63) is 48.5 Å². The minimum atomic E-state index is -0.761. The van der Waals surface area contributed by atoms with E-state index in [-0.39, 0.29) is 79.1 Å². The van der Waals surface area contributed by atoms with Crippen molar-refractivity contribution in [1.82, 2.24) is 9.80 Å². The molecule has 4 heterocycles. The Morgan fingerprint density at radius 3 is 1.65 bits per heavy atom. The topological polar surface area (TPSA) is 150 Å². The average molecular weight is 693 g/mol. The van der Waals surface area contributed by atoms with Crippen LogP contribution in [0.2, 0.25) is 6.32 Å². The van der Waals surface area contributed by atoms with Gasteiger partial charge in [0.2, 0.25) is 47.3 Å². The molecule has 13 heteroatoms. The summed E-state index contributed by atoms with van der Waals surface area (Å²) in [5, 5.41) is 0.